The van der Waals surface area contributed by atoms with Gasteiger partial charge in [-0.3, -0.25) is 0 Å². The first-order chi connectivity index (χ1) is 9.00. The van der Waals surface area contributed by atoms with Crippen LogP contribution in [0.4, 0.5) is 4.39 Å². The molecule has 0 N–H and O–H groups in total. The monoisotopic (exact) mass is 293 g/mol. The van der Waals surface area contributed by atoms with Crippen LogP contribution in [-0.2, 0) is 10.8 Å². The summed E-state index contributed by atoms with van der Waals surface area (Å²) in [6, 6.07) is 4.16. The summed E-state index contributed by atoms with van der Waals surface area (Å²) in [5, 5.41) is 1.07. The Morgan fingerprint density at radius 3 is 2.10 bits per heavy atom. The molecule has 1 aromatic heterocycles. The van der Waals surface area contributed by atoms with E-state index in [4.69, 9.17) is 4.98 Å². The minimum Gasteiger partial charge on any atom is -0.243 e. The summed E-state index contributed by atoms with van der Waals surface area (Å²) in [6.45, 7) is 14.5. The van der Waals surface area contributed by atoms with Gasteiger partial charge in [0, 0.05) is 11.0 Å². The number of nitrogens with zero attached hydrogens (tertiary/aromatic N) is 1. The minimum atomic E-state index is -0.991. The average Bonchev–Trinajstić information content (AvgIpc) is 2.68. The highest BCUT2D eigenvalue weighted by Gasteiger charge is 2.24. The fraction of sp³-hybridized carbons (Fsp3) is 0.588. The summed E-state index contributed by atoms with van der Waals surface area (Å²) >= 11 is 1.69. The Balaban J connectivity index is 2.75. The molecule has 0 saturated carbocycles. The number of hydrogen-bond acceptors (Lipinski definition) is 2. The van der Waals surface area contributed by atoms with Gasteiger partial charge in [0.25, 0.3) is 0 Å². The number of halogens is 1. The van der Waals surface area contributed by atoms with Gasteiger partial charge in [-0.1, -0.05) is 47.6 Å². The molecule has 110 valence electrons. The lowest BCUT2D eigenvalue weighted by Crippen LogP contribution is -2.11. The van der Waals surface area contributed by atoms with Crippen LogP contribution in [0.25, 0.3) is 10.2 Å². The predicted octanol–water partition coefficient (Wildman–Crippen LogP) is 5.92. The van der Waals surface area contributed by atoms with E-state index in [0.717, 1.165) is 20.8 Å². The molecule has 0 fully saturated rings. The second kappa shape index (κ2) is 4.80. The highest BCUT2D eigenvalue weighted by molar-refractivity contribution is 7.18. The summed E-state index contributed by atoms with van der Waals surface area (Å²) in [4.78, 5) is 4.71. The van der Waals surface area contributed by atoms with E-state index >= 15 is 0 Å². The van der Waals surface area contributed by atoms with E-state index in [0.29, 0.717) is 0 Å². The molecule has 1 atom stereocenters. The van der Waals surface area contributed by atoms with Crippen LogP contribution in [0.5, 0.6) is 0 Å². The summed E-state index contributed by atoms with van der Waals surface area (Å²) in [5.74, 6) is 0. The van der Waals surface area contributed by atoms with Crippen LogP contribution in [0.2, 0.25) is 0 Å². The standard InChI is InChI=1S/C17H24FNS/c1-10(18)12-8-11(16(2,3)4)9-13-14(12)19-15(20-13)17(5,6)7/h8-10H,1-7H3. The van der Waals surface area contributed by atoms with Gasteiger partial charge in [-0.25, -0.2) is 9.37 Å². The molecular formula is C17H24FNS. The molecular weight excluding hydrogens is 269 g/mol. The van der Waals surface area contributed by atoms with Gasteiger partial charge in [0.2, 0.25) is 0 Å². The lowest BCUT2D eigenvalue weighted by Gasteiger charge is -2.20. The van der Waals surface area contributed by atoms with E-state index in [-0.39, 0.29) is 10.8 Å². The fourth-order valence-electron chi connectivity index (χ4n) is 2.11. The molecule has 0 spiro atoms. The predicted molar refractivity (Wildman–Crippen MR) is 86.5 cm³/mol. The van der Waals surface area contributed by atoms with Crippen LogP contribution in [0.3, 0.4) is 0 Å². The normalized spacial score (nSPS) is 14.8. The van der Waals surface area contributed by atoms with E-state index in [1.807, 2.05) is 6.07 Å². The van der Waals surface area contributed by atoms with E-state index in [2.05, 4.69) is 47.6 Å². The van der Waals surface area contributed by atoms with Crippen molar-refractivity contribution < 1.29 is 4.39 Å². The van der Waals surface area contributed by atoms with Crippen LogP contribution < -0.4 is 0 Å². The SMILES string of the molecule is CC(F)c1cc(C(C)(C)C)cc2sc(C(C)(C)C)nc12. The quantitative estimate of drug-likeness (QED) is 0.635. The van der Waals surface area contributed by atoms with Gasteiger partial charge in [0.1, 0.15) is 6.17 Å². The first-order valence-corrected chi connectivity index (χ1v) is 7.91. The van der Waals surface area contributed by atoms with Crippen LogP contribution in [0.1, 0.15) is 70.8 Å². The maximum atomic E-state index is 14.0. The van der Waals surface area contributed by atoms with Gasteiger partial charge in [-0.2, -0.15) is 0 Å². The maximum Gasteiger partial charge on any atom is 0.124 e. The molecule has 1 heterocycles. The number of alkyl halides is 1. The van der Waals surface area contributed by atoms with Crippen LogP contribution in [0, 0.1) is 0 Å². The lowest BCUT2D eigenvalue weighted by atomic mass is 9.85. The largest absolute Gasteiger partial charge is 0.243 e. The van der Waals surface area contributed by atoms with E-state index < -0.39 is 6.17 Å². The van der Waals surface area contributed by atoms with Gasteiger partial charge in [-0.15, -0.1) is 11.3 Å². The Morgan fingerprint density at radius 2 is 1.65 bits per heavy atom. The zero-order valence-corrected chi connectivity index (χ0v) is 14.3. The number of rotatable bonds is 1. The molecule has 0 bridgehead atoms. The minimum absolute atomic E-state index is 0.00238. The van der Waals surface area contributed by atoms with Gasteiger partial charge < -0.3 is 0 Å². The number of thiazole rings is 1. The third-order valence-corrected chi connectivity index (χ3v) is 4.89. The topological polar surface area (TPSA) is 12.9 Å². The average molecular weight is 293 g/mol. The molecule has 1 aromatic carbocycles. The smallest absolute Gasteiger partial charge is 0.124 e. The second-order valence-electron chi connectivity index (χ2n) is 7.55. The summed E-state index contributed by atoms with van der Waals surface area (Å²) in [5.41, 5.74) is 2.75. The molecule has 0 saturated heterocycles. The van der Waals surface area contributed by atoms with Gasteiger partial charge in [0.15, 0.2) is 0 Å². The molecule has 3 heteroatoms. The summed E-state index contributed by atoms with van der Waals surface area (Å²) in [7, 11) is 0. The van der Waals surface area contributed by atoms with Crippen molar-refractivity contribution in [1.29, 1.82) is 0 Å². The Kier molecular flexibility index (Phi) is 3.70. The molecule has 1 nitrogen and oxygen atoms in total. The van der Waals surface area contributed by atoms with E-state index in [1.165, 1.54) is 5.56 Å². The Bertz CT molecular complexity index is 627. The Hall–Kier alpha value is -0.960. The van der Waals surface area contributed by atoms with E-state index in [9.17, 15) is 4.39 Å². The van der Waals surface area contributed by atoms with Crippen molar-refractivity contribution in [3.63, 3.8) is 0 Å². The fourth-order valence-corrected chi connectivity index (χ4v) is 3.21. The summed E-state index contributed by atoms with van der Waals surface area (Å²) < 4.78 is 15.1. The van der Waals surface area contributed by atoms with Crippen molar-refractivity contribution in [3.05, 3.63) is 28.3 Å². The highest BCUT2D eigenvalue weighted by Crippen LogP contribution is 2.38. The van der Waals surface area contributed by atoms with Crippen molar-refractivity contribution >= 4 is 21.6 Å². The molecule has 2 aromatic rings. The highest BCUT2D eigenvalue weighted by atomic mass is 32.1. The zero-order chi connectivity index (χ0) is 15.3. The molecule has 0 aliphatic rings. The Morgan fingerprint density at radius 1 is 1.05 bits per heavy atom. The molecule has 20 heavy (non-hydrogen) atoms. The lowest BCUT2D eigenvalue weighted by molar-refractivity contribution is 0.375. The molecule has 0 aliphatic carbocycles. The molecule has 1 unspecified atom stereocenters. The second-order valence-corrected chi connectivity index (χ2v) is 8.58. The van der Waals surface area contributed by atoms with Crippen LogP contribution in [-0.4, -0.2) is 4.98 Å². The first-order valence-electron chi connectivity index (χ1n) is 7.09. The third-order valence-electron chi connectivity index (χ3n) is 3.46. The van der Waals surface area contributed by atoms with E-state index in [1.54, 1.807) is 18.3 Å². The molecule has 0 aliphatic heterocycles. The van der Waals surface area contributed by atoms with Gasteiger partial charge in [0.05, 0.1) is 15.2 Å². The Labute approximate surface area is 125 Å². The van der Waals surface area contributed by atoms with Gasteiger partial charge in [-0.05, 0) is 24.0 Å². The molecule has 0 amide bonds. The molecule has 0 radical (unpaired) electrons. The molecule has 2 rings (SSSR count). The van der Waals surface area contributed by atoms with Crippen molar-refractivity contribution in [2.75, 3.05) is 0 Å². The van der Waals surface area contributed by atoms with Crippen LogP contribution >= 0.6 is 11.3 Å². The first kappa shape index (κ1) is 15.4. The number of benzene rings is 1. The van der Waals surface area contributed by atoms with Crippen LogP contribution in [0.15, 0.2) is 12.1 Å². The van der Waals surface area contributed by atoms with Crippen molar-refractivity contribution in [2.24, 2.45) is 0 Å². The van der Waals surface area contributed by atoms with Gasteiger partial charge >= 0.3 is 0 Å². The number of fused-ring (bicyclic) bond motifs is 1. The number of aromatic nitrogens is 1. The van der Waals surface area contributed by atoms with Crippen molar-refractivity contribution in [2.45, 2.75) is 65.5 Å². The van der Waals surface area contributed by atoms with Crippen molar-refractivity contribution in [1.82, 2.24) is 4.98 Å². The summed E-state index contributed by atoms with van der Waals surface area (Å²) in [6.07, 6.45) is -0.991. The van der Waals surface area contributed by atoms with Crippen molar-refractivity contribution in [3.8, 4) is 0 Å². The maximum absolute atomic E-state index is 14.0. The number of hydrogen-bond donors (Lipinski definition) is 0. The zero-order valence-electron chi connectivity index (χ0n) is 13.5. The third kappa shape index (κ3) is 2.88.